The molecule has 0 bridgehead atoms. The molecule has 2 fully saturated rings. The number of aryl methyl sites for hydroxylation is 1. The number of amides is 1. The van der Waals surface area contributed by atoms with Gasteiger partial charge in [-0.1, -0.05) is 0 Å². The molecule has 1 aromatic heterocycles. The fourth-order valence-electron chi connectivity index (χ4n) is 3.07. The van der Waals surface area contributed by atoms with Gasteiger partial charge in [-0.05, 0) is 39.2 Å². The van der Waals surface area contributed by atoms with Gasteiger partial charge in [0, 0.05) is 23.5 Å². The third kappa shape index (κ3) is 2.49. The number of nitrogens with zero attached hydrogens (tertiary/aromatic N) is 1. The van der Waals surface area contributed by atoms with E-state index in [2.05, 4.69) is 9.88 Å². The van der Waals surface area contributed by atoms with Crippen LogP contribution in [0.4, 0.5) is 0 Å². The Hall–Kier alpha value is -1.30. The first kappa shape index (κ1) is 13.7. The lowest BCUT2D eigenvalue weighted by Crippen LogP contribution is -2.35. The molecule has 2 aliphatic rings. The molecule has 1 unspecified atom stereocenters. The minimum absolute atomic E-state index is 0.0695. The van der Waals surface area contributed by atoms with Crippen molar-refractivity contribution >= 4 is 15.7 Å². The number of carbonyl (C=O) groups is 1. The van der Waals surface area contributed by atoms with Crippen LogP contribution in [-0.2, 0) is 9.84 Å². The molecule has 2 heterocycles. The van der Waals surface area contributed by atoms with Gasteiger partial charge in [0.05, 0.1) is 17.1 Å². The first-order valence-electron chi connectivity index (χ1n) is 7.07. The monoisotopic (exact) mass is 296 g/mol. The van der Waals surface area contributed by atoms with Gasteiger partial charge in [0.15, 0.2) is 9.84 Å². The van der Waals surface area contributed by atoms with Crippen LogP contribution in [0, 0.1) is 13.8 Å². The molecule has 3 rings (SSSR count). The second kappa shape index (κ2) is 4.62. The van der Waals surface area contributed by atoms with Crippen molar-refractivity contribution in [2.45, 2.75) is 45.2 Å². The van der Waals surface area contributed by atoms with Crippen molar-refractivity contribution in [2.75, 3.05) is 11.5 Å². The van der Waals surface area contributed by atoms with Gasteiger partial charge in [-0.25, -0.2) is 8.42 Å². The molecule has 0 radical (unpaired) electrons. The van der Waals surface area contributed by atoms with Crippen molar-refractivity contribution in [3.05, 3.63) is 23.0 Å². The van der Waals surface area contributed by atoms with Crippen LogP contribution in [0.15, 0.2) is 6.07 Å². The van der Waals surface area contributed by atoms with Crippen LogP contribution in [0.25, 0.3) is 0 Å². The predicted molar refractivity (Wildman–Crippen MR) is 76.7 cm³/mol. The van der Waals surface area contributed by atoms with E-state index in [9.17, 15) is 13.2 Å². The zero-order chi connectivity index (χ0) is 14.5. The smallest absolute Gasteiger partial charge is 0.253 e. The maximum atomic E-state index is 12.3. The molecule has 1 amide bonds. The summed E-state index contributed by atoms with van der Waals surface area (Å²) >= 11 is 0. The molecular weight excluding hydrogens is 276 g/mol. The van der Waals surface area contributed by atoms with Crippen LogP contribution in [0.5, 0.6) is 0 Å². The van der Waals surface area contributed by atoms with E-state index >= 15 is 0 Å². The molecule has 20 heavy (non-hydrogen) atoms. The molecule has 6 heteroatoms. The lowest BCUT2D eigenvalue weighted by atomic mass is 10.2. The van der Waals surface area contributed by atoms with Crippen LogP contribution in [0.3, 0.4) is 0 Å². The van der Waals surface area contributed by atoms with Gasteiger partial charge >= 0.3 is 0 Å². The van der Waals surface area contributed by atoms with Gasteiger partial charge in [-0.2, -0.15) is 0 Å². The SMILES string of the molecule is Cc1cc(C(=O)NC2CCS(=O)(=O)C2)c(C)n1C1CC1. The van der Waals surface area contributed by atoms with Crippen LogP contribution < -0.4 is 5.32 Å². The minimum Gasteiger partial charge on any atom is -0.348 e. The van der Waals surface area contributed by atoms with E-state index in [-0.39, 0.29) is 23.5 Å². The summed E-state index contributed by atoms with van der Waals surface area (Å²) in [4.78, 5) is 12.3. The molecule has 0 spiro atoms. The van der Waals surface area contributed by atoms with Gasteiger partial charge in [0.1, 0.15) is 0 Å². The standard InChI is InChI=1S/C14H20N2O3S/c1-9-7-13(10(2)16(9)12-3-4-12)14(17)15-11-5-6-20(18,19)8-11/h7,11-12H,3-6,8H2,1-2H3,(H,15,17). The molecule has 1 aliphatic carbocycles. The molecule has 1 N–H and O–H groups in total. The van der Waals surface area contributed by atoms with E-state index in [1.807, 2.05) is 19.9 Å². The molecule has 1 aliphatic heterocycles. The lowest BCUT2D eigenvalue weighted by Gasteiger charge is -2.11. The average Bonchev–Trinajstić information content (AvgIpc) is 3.05. The van der Waals surface area contributed by atoms with E-state index in [1.165, 1.54) is 12.8 Å². The van der Waals surface area contributed by atoms with Crippen LogP contribution in [0.2, 0.25) is 0 Å². The topological polar surface area (TPSA) is 68.2 Å². The van der Waals surface area contributed by atoms with E-state index in [4.69, 9.17) is 0 Å². The Kier molecular flexibility index (Phi) is 3.16. The normalized spacial score (nSPS) is 24.8. The molecule has 1 atom stereocenters. The first-order valence-corrected chi connectivity index (χ1v) is 8.89. The van der Waals surface area contributed by atoms with Gasteiger partial charge in [-0.3, -0.25) is 4.79 Å². The first-order chi connectivity index (χ1) is 9.37. The molecule has 0 aromatic carbocycles. The molecular formula is C14H20N2O3S. The quantitative estimate of drug-likeness (QED) is 0.915. The highest BCUT2D eigenvalue weighted by atomic mass is 32.2. The van der Waals surface area contributed by atoms with Crippen LogP contribution in [-0.4, -0.2) is 36.4 Å². The Morgan fingerprint density at radius 3 is 2.55 bits per heavy atom. The number of rotatable bonds is 3. The molecule has 110 valence electrons. The van der Waals surface area contributed by atoms with Crippen molar-refractivity contribution in [1.29, 1.82) is 0 Å². The van der Waals surface area contributed by atoms with Crippen molar-refractivity contribution in [3.8, 4) is 0 Å². The molecule has 5 nitrogen and oxygen atoms in total. The Bertz CT molecular complexity index is 656. The van der Waals surface area contributed by atoms with Crippen LogP contribution >= 0.6 is 0 Å². The maximum Gasteiger partial charge on any atom is 0.253 e. The second-order valence-electron chi connectivity index (χ2n) is 5.96. The summed E-state index contributed by atoms with van der Waals surface area (Å²) in [6.45, 7) is 3.98. The number of hydrogen-bond donors (Lipinski definition) is 1. The van der Waals surface area contributed by atoms with Gasteiger partial charge in [-0.15, -0.1) is 0 Å². The van der Waals surface area contributed by atoms with Gasteiger partial charge < -0.3 is 9.88 Å². The van der Waals surface area contributed by atoms with Gasteiger partial charge in [0.25, 0.3) is 5.91 Å². The number of aromatic nitrogens is 1. The highest BCUT2D eigenvalue weighted by Crippen LogP contribution is 2.38. The van der Waals surface area contributed by atoms with Crippen molar-refractivity contribution in [1.82, 2.24) is 9.88 Å². The van der Waals surface area contributed by atoms with E-state index in [0.717, 1.165) is 11.4 Å². The van der Waals surface area contributed by atoms with E-state index < -0.39 is 9.84 Å². The third-order valence-electron chi connectivity index (χ3n) is 4.21. The zero-order valence-electron chi connectivity index (χ0n) is 11.8. The predicted octanol–water partition coefficient (Wildman–Crippen LogP) is 1.36. The fourth-order valence-corrected chi connectivity index (χ4v) is 4.75. The molecule has 1 aromatic rings. The number of carbonyl (C=O) groups excluding carboxylic acids is 1. The highest BCUT2D eigenvalue weighted by Gasteiger charge is 2.31. The Morgan fingerprint density at radius 1 is 1.30 bits per heavy atom. The summed E-state index contributed by atoms with van der Waals surface area (Å²) in [5.74, 6) is 0.103. The summed E-state index contributed by atoms with van der Waals surface area (Å²) in [6.07, 6.45) is 2.88. The number of hydrogen-bond acceptors (Lipinski definition) is 3. The molecule has 1 saturated carbocycles. The highest BCUT2D eigenvalue weighted by molar-refractivity contribution is 7.91. The third-order valence-corrected chi connectivity index (χ3v) is 5.98. The number of sulfone groups is 1. The average molecular weight is 296 g/mol. The molecule has 1 saturated heterocycles. The van der Waals surface area contributed by atoms with Crippen LogP contribution in [0.1, 0.15) is 47.1 Å². The van der Waals surface area contributed by atoms with E-state index in [1.54, 1.807) is 0 Å². The number of nitrogens with one attached hydrogen (secondary N) is 1. The van der Waals surface area contributed by atoms with E-state index in [0.29, 0.717) is 18.0 Å². The Labute approximate surface area is 119 Å². The van der Waals surface area contributed by atoms with Crippen molar-refractivity contribution < 1.29 is 13.2 Å². The zero-order valence-corrected chi connectivity index (χ0v) is 12.7. The second-order valence-corrected chi connectivity index (χ2v) is 8.19. The van der Waals surface area contributed by atoms with Gasteiger partial charge in [0.2, 0.25) is 0 Å². The van der Waals surface area contributed by atoms with Crippen molar-refractivity contribution in [2.24, 2.45) is 0 Å². The Balaban J connectivity index is 1.76. The lowest BCUT2D eigenvalue weighted by molar-refractivity contribution is 0.0940. The summed E-state index contributed by atoms with van der Waals surface area (Å²) in [6, 6.07) is 2.21. The fraction of sp³-hybridized carbons (Fsp3) is 0.643. The Morgan fingerprint density at radius 2 is 2.00 bits per heavy atom. The summed E-state index contributed by atoms with van der Waals surface area (Å²) in [5.41, 5.74) is 2.77. The minimum atomic E-state index is -2.96. The largest absolute Gasteiger partial charge is 0.348 e. The summed E-state index contributed by atoms with van der Waals surface area (Å²) in [5, 5.41) is 2.86. The summed E-state index contributed by atoms with van der Waals surface area (Å²) in [7, 11) is -2.96. The maximum absolute atomic E-state index is 12.3. The summed E-state index contributed by atoms with van der Waals surface area (Å²) < 4.78 is 25.1. The van der Waals surface area contributed by atoms with Crippen molar-refractivity contribution in [3.63, 3.8) is 0 Å².